The lowest BCUT2D eigenvalue weighted by Gasteiger charge is -1.76. The van der Waals surface area contributed by atoms with Crippen molar-refractivity contribution in [1.82, 2.24) is 0 Å². The lowest BCUT2D eigenvalue weighted by molar-refractivity contribution is 0.610. The van der Waals surface area contributed by atoms with Gasteiger partial charge in [-0.3, -0.25) is 0 Å². The van der Waals surface area contributed by atoms with E-state index >= 15 is 0 Å². The van der Waals surface area contributed by atoms with Gasteiger partial charge in [0.25, 0.3) is 0 Å². The third kappa shape index (κ3) is 6.17. The third-order valence-electron chi connectivity index (χ3n) is 0.299. The quantitative estimate of drug-likeness (QED) is 0.608. The summed E-state index contributed by atoms with van der Waals surface area (Å²) in [6.45, 7) is 0. The molecule has 42 valence electrons. The van der Waals surface area contributed by atoms with Crippen molar-refractivity contribution >= 4 is 25.8 Å². The van der Waals surface area contributed by atoms with Crippen molar-refractivity contribution in [3.05, 3.63) is 10.4 Å². The van der Waals surface area contributed by atoms with Crippen LogP contribution in [-0.4, -0.2) is 14.7 Å². The Morgan fingerprint density at radius 3 is 2.00 bits per heavy atom. The maximum atomic E-state index is 10.1. The number of rotatable bonds is 1. The highest BCUT2D eigenvalue weighted by atomic mass is 79.9. The molecule has 0 amide bonds. The molecule has 0 spiro atoms. The fourth-order valence-electron chi connectivity index (χ4n) is 0.0934. The predicted molar refractivity (Wildman–Crippen MR) is 32.9 cm³/mol. The Morgan fingerprint density at radius 1 is 1.57 bits per heavy atom. The van der Waals surface area contributed by atoms with Gasteiger partial charge in [0, 0.05) is 11.7 Å². The fraction of sp³-hybridized carbons (Fsp3) is 0.333. The first-order valence-electron chi connectivity index (χ1n) is 1.53. The summed E-state index contributed by atoms with van der Waals surface area (Å²) >= 11 is 2.83. The first-order chi connectivity index (χ1) is 3.06. The minimum atomic E-state index is -2.90. The molecule has 0 aliphatic carbocycles. The molecule has 0 N–H and O–H groups in total. The smallest absolute Gasteiger partial charge is 0.169 e. The van der Waals surface area contributed by atoms with Crippen LogP contribution in [0.3, 0.4) is 0 Å². The standard InChI is InChI=1S/C3H5BrO2S/c1-7(5,6)3-2-4/h2-3H,1H3. The molecule has 0 saturated carbocycles. The van der Waals surface area contributed by atoms with E-state index in [0.717, 1.165) is 11.7 Å². The molecule has 0 saturated heterocycles. The van der Waals surface area contributed by atoms with Gasteiger partial charge >= 0.3 is 0 Å². The molecule has 7 heavy (non-hydrogen) atoms. The van der Waals surface area contributed by atoms with E-state index in [2.05, 4.69) is 15.9 Å². The third-order valence-corrected chi connectivity index (χ3v) is 1.54. The summed E-state index contributed by atoms with van der Waals surface area (Å²) < 4.78 is 20.2. The summed E-state index contributed by atoms with van der Waals surface area (Å²) in [5.74, 6) is 0. The Labute approximate surface area is 51.3 Å². The molecule has 0 bridgehead atoms. The fourth-order valence-corrected chi connectivity index (χ4v) is 1.46. The summed E-state index contributed by atoms with van der Waals surface area (Å²) in [6.07, 6.45) is 1.13. The van der Waals surface area contributed by atoms with E-state index in [4.69, 9.17) is 0 Å². The van der Waals surface area contributed by atoms with E-state index in [9.17, 15) is 8.42 Å². The molecule has 0 aliphatic heterocycles. The largest absolute Gasteiger partial charge is 0.225 e. The maximum absolute atomic E-state index is 10.1. The number of hydrogen-bond donors (Lipinski definition) is 0. The Hall–Kier alpha value is 0.170. The molecule has 0 aliphatic rings. The highest BCUT2D eigenvalue weighted by Gasteiger charge is 1.88. The van der Waals surface area contributed by atoms with E-state index < -0.39 is 9.84 Å². The van der Waals surface area contributed by atoms with Crippen molar-refractivity contribution in [2.24, 2.45) is 0 Å². The second-order valence-electron chi connectivity index (χ2n) is 1.09. The molecule has 0 rings (SSSR count). The van der Waals surface area contributed by atoms with Gasteiger partial charge in [-0.2, -0.15) is 0 Å². The van der Waals surface area contributed by atoms with Crippen LogP contribution < -0.4 is 0 Å². The molecule has 0 heterocycles. The lowest BCUT2D eigenvalue weighted by atomic mass is 11.3. The second-order valence-corrected chi connectivity index (χ2v) is 3.55. The lowest BCUT2D eigenvalue weighted by Crippen LogP contribution is -1.85. The highest BCUT2D eigenvalue weighted by molar-refractivity contribution is 9.11. The van der Waals surface area contributed by atoms with Crippen molar-refractivity contribution in [2.75, 3.05) is 6.26 Å². The topological polar surface area (TPSA) is 34.1 Å². The van der Waals surface area contributed by atoms with Crippen LogP contribution in [0, 0.1) is 0 Å². The van der Waals surface area contributed by atoms with Crippen LogP contribution in [0.15, 0.2) is 10.4 Å². The zero-order chi connectivity index (χ0) is 5.91. The average Bonchev–Trinajstić information content (AvgIpc) is 1.30. The predicted octanol–water partition coefficient (Wildman–Crippen LogP) is 0.897. The van der Waals surface area contributed by atoms with Crippen LogP contribution in [0.5, 0.6) is 0 Å². The Balaban J connectivity index is 4.13. The Kier molecular flexibility index (Phi) is 2.53. The Bertz CT molecular complexity index is 156. The van der Waals surface area contributed by atoms with Crippen molar-refractivity contribution in [2.45, 2.75) is 0 Å². The molecule has 4 heteroatoms. The molecule has 0 radical (unpaired) electrons. The van der Waals surface area contributed by atoms with Gasteiger partial charge in [0.2, 0.25) is 0 Å². The molecule has 2 nitrogen and oxygen atoms in total. The number of halogens is 1. The van der Waals surface area contributed by atoms with Gasteiger partial charge in [0.15, 0.2) is 9.84 Å². The zero-order valence-corrected chi connectivity index (χ0v) is 6.16. The summed E-state index contributed by atoms with van der Waals surface area (Å²) in [5.41, 5.74) is 0. The molecule has 0 aromatic rings. The first kappa shape index (κ1) is 7.17. The van der Waals surface area contributed by atoms with E-state index in [1.807, 2.05) is 0 Å². The molecular weight excluding hydrogens is 180 g/mol. The van der Waals surface area contributed by atoms with E-state index in [-0.39, 0.29) is 0 Å². The SMILES string of the molecule is CS(=O)(=O)C=CBr. The molecule has 0 atom stereocenters. The van der Waals surface area contributed by atoms with Crippen molar-refractivity contribution in [3.63, 3.8) is 0 Å². The van der Waals surface area contributed by atoms with Gasteiger partial charge in [-0.25, -0.2) is 8.42 Å². The van der Waals surface area contributed by atoms with Crippen molar-refractivity contribution < 1.29 is 8.42 Å². The van der Waals surface area contributed by atoms with E-state index in [1.165, 1.54) is 4.99 Å². The molecule has 0 unspecified atom stereocenters. The van der Waals surface area contributed by atoms with Gasteiger partial charge in [-0.05, 0) is 4.99 Å². The second kappa shape index (κ2) is 2.47. The summed E-state index contributed by atoms with van der Waals surface area (Å²) in [4.78, 5) is 1.31. The average molecular weight is 185 g/mol. The van der Waals surface area contributed by atoms with Crippen LogP contribution >= 0.6 is 15.9 Å². The minimum absolute atomic E-state index is 1.08. The van der Waals surface area contributed by atoms with Gasteiger partial charge < -0.3 is 0 Å². The van der Waals surface area contributed by atoms with Crippen LogP contribution in [0.2, 0.25) is 0 Å². The molecule has 0 aromatic carbocycles. The van der Waals surface area contributed by atoms with Gasteiger partial charge in [0.1, 0.15) is 0 Å². The van der Waals surface area contributed by atoms with Gasteiger partial charge in [-0.1, -0.05) is 15.9 Å². The first-order valence-corrected chi connectivity index (χ1v) is 4.40. The van der Waals surface area contributed by atoms with E-state index in [0.29, 0.717) is 0 Å². The normalized spacial score (nSPS) is 12.9. The summed E-state index contributed by atoms with van der Waals surface area (Å²) in [6, 6.07) is 0. The molecule has 0 fully saturated rings. The van der Waals surface area contributed by atoms with Crippen molar-refractivity contribution in [3.8, 4) is 0 Å². The molecular formula is C3H5BrO2S. The maximum Gasteiger partial charge on any atom is 0.169 e. The van der Waals surface area contributed by atoms with Crippen LogP contribution in [-0.2, 0) is 9.84 Å². The van der Waals surface area contributed by atoms with Crippen LogP contribution in [0.25, 0.3) is 0 Å². The van der Waals surface area contributed by atoms with Crippen molar-refractivity contribution in [1.29, 1.82) is 0 Å². The Morgan fingerprint density at radius 2 is 2.00 bits per heavy atom. The number of hydrogen-bond acceptors (Lipinski definition) is 2. The van der Waals surface area contributed by atoms with Crippen LogP contribution in [0.4, 0.5) is 0 Å². The summed E-state index contributed by atoms with van der Waals surface area (Å²) in [7, 11) is -2.90. The van der Waals surface area contributed by atoms with Gasteiger partial charge in [-0.15, -0.1) is 0 Å². The monoisotopic (exact) mass is 184 g/mol. The summed E-state index contributed by atoms with van der Waals surface area (Å²) in [5, 5.41) is 1.08. The van der Waals surface area contributed by atoms with Gasteiger partial charge in [0.05, 0.1) is 0 Å². The van der Waals surface area contributed by atoms with Crippen LogP contribution in [0.1, 0.15) is 0 Å². The zero-order valence-electron chi connectivity index (χ0n) is 3.76. The minimum Gasteiger partial charge on any atom is -0.225 e. The van der Waals surface area contributed by atoms with E-state index in [1.54, 1.807) is 0 Å². The molecule has 0 aromatic heterocycles. The number of sulfone groups is 1. The highest BCUT2D eigenvalue weighted by Crippen LogP contribution is 1.88.